The number of fused-ring (bicyclic) bond motifs is 1. The van der Waals surface area contributed by atoms with E-state index in [0.29, 0.717) is 17.1 Å². The van der Waals surface area contributed by atoms with Gasteiger partial charge in [-0.3, -0.25) is 4.79 Å². The van der Waals surface area contributed by atoms with E-state index in [9.17, 15) is 18.0 Å². The van der Waals surface area contributed by atoms with Crippen LogP contribution in [0.4, 0.5) is 13.2 Å². The second-order valence-electron chi connectivity index (χ2n) is 6.27. The van der Waals surface area contributed by atoms with Gasteiger partial charge in [0.25, 0.3) is 5.56 Å². The molecule has 1 N–H and O–H groups in total. The Morgan fingerprint density at radius 2 is 1.86 bits per heavy atom. The Morgan fingerprint density at radius 3 is 2.46 bits per heavy atom. The second kappa shape index (κ2) is 6.32. The maximum atomic E-state index is 13.6. The molecular weight excluding hydrogens is 375 g/mol. The fourth-order valence-electron chi connectivity index (χ4n) is 3.07. The van der Waals surface area contributed by atoms with Crippen molar-refractivity contribution in [3.63, 3.8) is 0 Å². The Kier molecular flexibility index (Phi) is 4.06. The lowest BCUT2D eigenvalue weighted by Crippen LogP contribution is -2.22. The molecule has 0 saturated heterocycles. The van der Waals surface area contributed by atoms with Crippen molar-refractivity contribution in [1.29, 1.82) is 0 Å². The van der Waals surface area contributed by atoms with Gasteiger partial charge in [0.05, 0.1) is 12.0 Å². The predicted octanol–water partition coefficient (Wildman–Crippen LogP) is 3.30. The van der Waals surface area contributed by atoms with Crippen LogP contribution in [0.2, 0.25) is 0 Å². The van der Waals surface area contributed by atoms with Crippen LogP contribution < -0.4 is 5.56 Å². The lowest BCUT2D eigenvalue weighted by Gasteiger charge is -2.07. The molecule has 4 aromatic rings. The van der Waals surface area contributed by atoms with Gasteiger partial charge in [-0.05, 0) is 12.5 Å². The molecule has 0 aliphatic carbocycles. The summed E-state index contributed by atoms with van der Waals surface area (Å²) in [5.74, 6) is 0.520. The van der Waals surface area contributed by atoms with Crippen molar-refractivity contribution in [3.05, 3.63) is 69.4 Å². The minimum absolute atomic E-state index is 0.0141. The molecule has 144 valence electrons. The van der Waals surface area contributed by atoms with E-state index in [-0.39, 0.29) is 29.1 Å². The topological polar surface area (TPSA) is 89.1 Å². The number of H-pyrrole nitrogens is 1. The molecule has 0 amide bonds. The summed E-state index contributed by atoms with van der Waals surface area (Å²) in [4.78, 5) is 15.8. The van der Waals surface area contributed by atoms with Crippen LogP contribution >= 0.6 is 0 Å². The molecule has 1 aromatic carbocycles. The summed E-state index contributed by atoms with van der Waals surface area (Å²) in [5.41, 5.74) is -1.08. The number of halogens is 3. The number of rotatable bonds is 3. The second-order valence-corrected chi connectivity index (χ2v) is 6.27. The third-order valence-electron chi connectivity index (χ3n) is 4.32. The predicted molar refractivity (Wildman–Crippen MR) is 92.8 cm³/mol. The number of nitrogens with one attached hydrogen (secondary N) is 1. The largest absolute Gasteiger partial charge is 0.435 e. The molecule has 28 heavy (non-hydrogen) atoms. The van der Waals surface area contributed by atoms with Gasteiger partial charge in [-0.2, -0.15) is 22.8 Å². The van der Waals surface area contributed by atoms with Crippen molar-refractivity contribution in [2.24, 2.45) is 0 Å². The van der Waals surface area contributed by atoms with E-state index < -0.39 is 17.4 Å². The standard InChI is InChI=1S/C18H14F3N5O2/c1-9-12(8-13-24-23-10(2)28-13)17(27)26-16(22-9)14(11-6-4-3-5-7-11)15(25-26)18(19,20)21/h3-7,22H,8H2,1-2H3. The minimum Gasteiger partial charge on any atom is -0.425 e. The molecule has 0 unspecified atom stereocenters. The highest BCUT2D eigenvalue weighted by Gasteiger charge is 2.39. The van der Waals surface area contributed by atoms with E-state index >= 15 is 0 Å². The van der Waals surface area contributed by atoms with Gasteiger partial charge in [0.1, 0.15) is 5.65 Å². The number of hydrogen-bond donors (Lipinski definition) is 1. The van der Waals surface area contributed by atoms with Crippen LogP contribution in [0.25, 0.3) is 16.8 Å². The van der Waals surface area contributed by atoms with Crippen LogP contribution in [0, 0.1) is 13.8 Å². The van der Waals surface area contributed by atoms with E-state index in [4.69, 9.17) is 4.42 Å². The number of aryl methyl sites for hydroxylation is 2. The van der Waals surface area contributed by atoms with Crippen molar-refractivity contribution < 1.29 is 17.6 Å². The molecule has 3 heterocycles. The highest BCUT2D eigenvalue weighted by molar-refractivity contribution is 5.80. The van der Waals surface area contributed by atoms with Gasteiger partial charge >= 0.3 is 6.18 Å². The minimum atomic E-state index is -4.73. The zero-order valence-corrected chi connectivity index (χ0v) is 14.8. The maximum absolute atomic E-state index is 13.6. The quantitative estimate of drug-likeness (QED) is 0.581. The smallest absolute Gasteiger partial charge is 0.425 e. The van der Waals surface area contributed by atoms with Crippen molar-refractivity contribution in [1.82, 2.24) is 24.8 Å². The van der Waals surface area contributed by atoms with Crippen molar-refractivity contribution in [3.8, 4) is 11.1 Å². The lowest BCUT2D eigenvalue weighted by molar-refractivity contribution is -0.140. The van der Waals surface area contributed by atoms with Gasteiger partial charge in [0.2, 0.25) is 11.8 Å². The fraction of sp³-hybridized carbons (Fsp3) is 0.222. The number of alkyl halides is 3. The Labute approximate surface area is 155 Å². The number of aromatic amines is 1. The van der Waals surface area contributed by atoms with E-state index in [1.165, 1.54) is 12.1 Å². The highest BCUT2D eigenvalue weighted by Crippen LogP contribution is 2.38. The van der Waals surface area contributed by atoms with Gasteiger partial charge in [0, 0.05) is 18.2 Å². The Balaban J connectivity index is 1.98. The van der Waals surface area contributed by atoms with Crippen LogP contribution in [0.3, 0.4) is 0 Å². The molecule has 3 aromatic heterocycles. The summed E-state index contributed by atoms with van der Waals surface area (Å²) in [6.07, 6.45) is -4.74. The average Bonchev–Trinajstić information content (AvgIpc) is 3.23. The summed E-state index contributed by atoms with van der Waals surface area (Å²) in [7, 11) is 0. The van der Waals surface area contributed by atoms with E-state index in [1.807, 2.05) is 0 Å². The molecule has 0 fully saturated rings. The third kappa shape index (κ3) is 2.96. The molecular formula is C18H14F3N5O2. The van der Waals surface area contributed by atoms with Gasteiger partial charge in [-0.1, -0.05) is 30.3 Å². The number of hydrogen-bond acceptors (Lipinski definition) is 5. The first kappa shape index (κ1) is 18.0. The van der Waals surface area contributed by atoms with E-state index in [2.05, 4.69) is 20.3 Å². The highest BCUT2D eigenvalue weighted by atomic mass is 19.4. The summed E-state index contributed by atoms with van der Waals surface area (Å²) in [6.45, 7) is 3.21. The Hall–Kier alpha value is -3.43. The maximum Gasteiger partial charge on any atom is 0.435 e. The third-order valence-corrected chi connectivity index (χ3v) is 4.32. The van der Waals surface area contributed by atoms with E-state index in [0.717, 1.165) is 4.52 Å². The SMILES string of the molecule is Cc1nnc(Cc2c(C)[nH]c3c(-c4ccccc4)c(C(F)(F)F)nn3c2=O)o1. The number of nitrogens with zero attached hydrogens (tertiary/aromatic N) is 4. The van der Waals surface area contributed by atoms with Gasteiger partial charge in [-0.15, -0.1) is 10.2 Å². The first-order valence-corrected chi connectivity index (χ1v) is 8.32. The molecule has 7 nitrogen and oxygen atoms in total. The first-order valence-electron chi connectivity index (χ1n) is 8.32. The van der Waals surface area contributed by atoms with Gasteiger partial charge < -0.3 is 9.40 Å². The Morgan fingerprint density at radius 1 is 1.14 bits per heavy atom. The van der Waals surface area contributed by atoms with Gasteiger partial charge in [-0.25, -0.2) is 0 Å². The van der Waals surface area contributed by atoms with Crippen molar-refractivity contribution in [2.45, 2.75) is 26.4 Å². The molecule has 0 saturated carbocycles. The molecule has 4 rings (SSSR count). The normalized spacial score (nSPS) is 12.0. The molecule has 10 heteroatoms. The number of aromatic nitrogens is 5. The average molecular weight is 389 g/mol. The van der Waals surface area contributed by atoms with Crippen molar-refractivity contribution in [2.75, 3.05) is 0 Å². The lowest BCUT2D eigenvalue weighted by atomic mass is 10.1. The monoisotopic (exact) mass is 389 g/mol. The summed E-state index contributed by atoms with van der Waals surface area (Å²) < 4.78 is 46.9. The molecule has 0 spiro atoms. The number of benzene rings is 1. The molecule has 0 aliphatic heterocycles. The van der Waals surface area contributed by atoms with E-state index in [1.54, 1.807) is 32.0 Å². The van der Waals surface area contributed by atoms with Crippen LogP contribution in [0.1, 0.15) is 28.7 Å². The van der Waals surface area contributed by atoms with Crippen LogP contribution in [-0.2, 0) is 12.6 Å². The van der Waals surface area contributed by atoms with Crippen molar-refractivity contribution >= 4 is 5.65 Å². The van der Waals surface area contributed by atoms with Gasteiger partial charge in [0.15, 0.2) is 5.69 Å². The molecule has 0 atom stereocenters. The zero-order chi connectivity index (χ0) is 20.1. The molecule has 0 radical (unpaired) electrons. The zero-order valence-electron chi connectivity index (χ0n) is 14.8. The summed E-state index contributed by atoms with van der Waals surface area (Å²) in [6, 6.07) is 8.01. The fourth-order valence-corrected chi connectivity index (χ4v) is 3.07. The van der Waals surface area contributed by atoms with Crippen LogP contribution in [-0.4, -0.2) is 24.8 Å². The Bertz CT molecular complexity index is 1220. The first-order chi connectivity index (χ1) is 13.3. The molecule has 0 aliphatic rings. The van der Waals surface area contributed by atoms with Crippen LogP contribution in [0.5, 0.6) is 0 Å². The summed E-state index contributed by atoms with van der Waals surface area (Å²) >= 11 is 0. The van der Waals surface area contributed by atoms with Crippen LogP contribution in [0.15, 0.2) is 39.5 Å². The summed E-state index contributed by atoms with van der Waals surface area (Å²) in [5, 5.41) is 11.1. The molecule has 0 bridgehead atoms.